The van der Waals surface area contributed by atoms with E-state index in [9.17, 15) is 9.59 Å². The molecule has 1 aliphatic heterocycles. The Morgan fingerprint density at radius 3 is 2.38 bits per heavy atom. The minimum atomic E-state index is -0.332. The SMILES string of the molecule is CCCCOC(=O)CCN1C(=O)/C(=C\c2cc(OC)c(OC)c(OC)c2)SC1=S. The molecule has 2 rings (SSSR count). The number of thioether (sulfide) groups is 1. The summed E-state index contributed by atoms with van der Waals surface area (Å²) in [6, 6.07) is 3.50. The Hall–Kier alpha value is -2.26. The monoisotopic (exact) mass is 439 g/mol. The lowest BCUT2D eigenvalue weighted by Crippen LogP contribution is -2.30. The standard InChI is InChI=1S/C20H25NO6S2/c1-5-6-9-27-17(22)7-8-21-19(23)16(29-20(21)28)12-13-10-14(24-2)18(26-4)15(11-13)25-3/h10-12H,5-9H2,1-4H3/b16-12+. The van der Waals surface area contributed by atoms with Gasteiger partial charge < -0.3 is 18.9 Å². The molecule has 0 aliphatic carbocycles. The van der Waals surface area contributed by atoms with E-state index < -0.39 is 0 Å². The fourth-order valence-electron chi connectivity index (χ4n) is 2.63. The van der Waals surface area contributed by atoms with Crippen LogP contribution in [0.15, 0.2) is 17.0 Å². The van der Waals surface area contributed by atoms with Crippen LogP contribution in [-0.2, 0) is 14.3 Å². The Kier molecular flexibility index (Phi) is 8.78. The molecular weight excluding hydrogens is 414 g/mol. The Bertz CT molecular complexity index is 783. The summed E-state index contributed by atoms with van der Waals surface area (Å²) >= 11 is 6.50. The van der Waals surface area contributed by atoms with Crippen molar-refractivity contribution in [3.63, 3.8) is 0 Å². The summed E-state index contributed by atoms with van der Waals surface area (Å²) in [5.74, 6) is 0.879. The van der Waals surface area contributed by atoms with Crippen LogP contribution in [0.4, 0.5) is 0 Å². The van der Waals surface area contributed by atoms with Gasteiger partial charge in [-0.3, -0.25) is 14.5 Å². The number of nitrogens with zero attached hydrogens (tertiary/aromatic N) is 1. The number of carbonyl (C=O) groups is 2. The summed E-state index contributed by atoms with van der Waals surface area (Å²) in [7, 11) is 4.58. The smallest absolute Gasteiger partial charge is 0.307 e. The van der Waals surface area contributed by atoms with Crippen LogP contribution in [0.3, 0.4) is 0 Å². The molecule has 0 spiro atoms. The number of benzene rings is 1. The summed E-state index contributed by atoms with van der Waals surface area (Å²) in [6.45, 7) is 2.62. The normalized spacial score (nSPS) is 15.0. The molecule has 158 valence electrons. The van der Waals surface area contributed by atoms with Gasteiger partial charge in [-0.2, -0.15) is 0 Å². The van der Waals surface area contributed by atoms with E-state index in [1.807, 2.05) is 6.92 Å². The van der Waals surface area contributed by atoms with Crippen molar-refractivity contribution in [1.29, 1.82) is 0 Å². The van der Waals surface area contributed by atoms with Crippen LogP contribution in [0.25, 0.3) is 6.08 Å². The Morgan fingerprint density at radius 1 is 1.17 bits per heavy atom. The quantitative estimate of drug-likeness (QED) is 0.237. The molecule has 7 nitrogen and oxygen atoms in total. The van der Waals surface area contributed by atoms with Gasteiger partial charge in [-0.1, -0.05) is 37.3 Å². The molecule has 1 aliphatic rings. The largest absolute Gasteiger partial charge is 0.493 e. The van der Waals surface area contributed by atoms with Crippen molar-refractivity contribution < 1.29 is 28.5 Å². The number of hydrogen-bond acceptors (Lipinski definition) is 8. The van der Waals surface area contributed by atoms with Crippen LogP contribution in [0.2, 0.25) is 0 Å². The molecule has 9 heteroatoms. The first-order valence-electron chi connectivity index (χ1n) is 9.16. The van der Waals surface area contributed by atoms with Crippen molar-refractivity contribution >= 4 is 46.3 Å². The van der Waals surface area contributed by atoms with Crippen molar-refractivity contribution in [1.82, 2.24) is 4.90 Å². The van der Waals surface area contributed by atoms with Crippen LogP contribution in [-0.4, -0.2) is 55.6 Å². The van der Waals surface area contributed by atoms with E-state index in [2.05, 4.69) is 0 Å². The number of amides is 1. The number of esters is 1. The third-order valence-electron chi connectivity index (χ3n) is 4.16. The molecule has 1 saturated heterocycles. The van der Waals surface area contributed by atoms with Gasteiger partial charge in [0, 0.05) is 6.54 Å². The molecule has 0 saturated carbocycles. The van der Waals surface area contributed by atoms with Gasteiger partial charge in [-0.05, 0) is 30.2 Å². The van der Waals surface area contributed by atoms with Gasteiger partial charge in [-0.25, -0.2) is 0 Å². The van der Waals surface area contributed by atoms with E-state index in [1.165, 1.54) is 38.0 Å². The minimum absolute atomic E-state index is 0.105. The molecule has 0 N–H and O–H groups in total. The highest BCUT2D eigenvalue weighted by molar-refractivity contribution is 8.26. The summed E-state index contributed by atoms with van der Waals surface area (Å²) in [5, 5.41) is 0. The van der Waals surface area contributed by atoms with Crippen molar-refractivity contribution in [2.24, 2.45) is 0 Å². The molecule has 0 atom stereocenters. The van der Waals surface area contributed by atoms with E-state index in [4.69, 9.17) is 31.2 Å². The third kappa shape index (κ3) is 5.86. The second kappa shape index (κ2) is 11.1. The zero-order valence-electron chi connectivity index (χ0n) is 17.0. The van der Waals surface area contributed by atoms with Gasteiger partial charge in [-0.15, -0.1) is 0 Å². The van der Waals surface area contributed by atoms with Gasteiger partial charge in [0.25, 0.3) is 5.91 Å². The van der Waals surface area contributed by atoms with E-state index in [0.29, 0.717) is 38.6 Å². The molecule has 0 radical (unpaired) electrons. The lowest BCUT2D eigenvalue weighted by Gasteiger charge is -2.14. The summed E-state index contributed by atoms with van der Waals surface area (Å²) < 4.78 is 21.5. The second-order valence-electron chi connectivity index (χ2n) is 6.12. The van der Waals surface area contributed by atoms with E-state index in [1.54, 1.807) is 18.2 Å². The predicted molar refractivity (Wildman–Crippen MR) is 116 cm³/mol. The van der Waals surface area contributed by atoms with Crippen LogP contribution < -0.4 is 14.2 Å². The van der Waals surface area contributed by atoms with Gasteiger partial charge in [0.1, 0.15) is 4.32 Å². The molecule has 1 heterocycles. The highest BCUT2D eigenvalue weighted by Gasteiger charge is 2.32. The van der Waals surface area contributed by atoms with Crippen LogP contribution in [0, 0.1) is 0 Å². The molecule has 1 aromatic rings. The first kappa shape index (κ1) is 23.0. The van der Waals surface area contributed by atoms with Crippen molar-refractivity contribution in [2.75, 3.05) is 34.5 Å². The molecular formula is C20H25NO6S2. The maximum Gasteiger partial charge on any atom is 0.307 e. The summed E-state index contributed by atoms with van der Waals surface area (Å²) in [6.07, 6.45) is 3.59. The number of carbonyl (C=O) groups excluding carboxylic acids is 2. The van der Waals surface area contributed by atoms with Gasteiger partial charge in [0.15, 0.2) is 11.5 Å². The van der Waals surface area contributed by atoms with Crippen molar-refractivity contribution in [3.8, 4) is 17.2 Å². The average molecular weight is 440 g/mol. The topological polar surface area (TPSA) is 74.3 Å². The van der Waals surface area contributed by atoms with Gasteiger partial charge in [0.05, 0.1) is 39.3 Å². The molecule has 0 aromatic heterocycles. The number of ether oxygens (including phenoxy) is 4. The zero-order chi connectivity index (χ0) is 21.4. The van der Waals surface area contributed by atoms with Crippen molar-refractivity contribution in [2.45, 2.75) is 26.2 Å². The molecule has 1 fully saturated rings. The lowest BCUT2D eigenvalue weighted by atomic mass is 10.1. The molecule has 1 amide bonds. The first-order chi connectivity index (χ1) is 13.9. The Labute approximate surface area is 180 Å². The molecule has 1 aromatic carbocycles. The van der Waals surface area contributed by atoms with E-state index >= 15 is 0 Å². The molecule has 29 heavy (non-hydrogen) atoms. The zero-order valence-corrected chi connectivity index (χ0v) is 18.6. The fourth-order valence-corrected chi connectivity index (χ4v) is 3.94. The number of hydrogen-bond donors (Lipinski definition) is 0. The van der Waals surface area contributed by atoms with Crippen LogP contribution in [0.1, 0.15) is 31.7 Å². The highest BCUT2D eigenvalue weighted by Crippen LogP contribution is 2.40. The number of unbranched alkanes of at least 4 members (excludes halogenated alkanes) is 1. The molecule has 0 unspecified atom stereocenters. The van der Waals surface area contributed by atoms with Gasteiger partial charge in [0.2, 0.25) is 5.75 Å². The predicted octanol–water partition coefficient (Wildman–Crippen LogP) is 3.65. The first-order valence-corrected chi connectivity index (χ1v) is 10.4. The highest BCUT2D eigenvalue weighted by atomic mass is 32.2. The third-order valence-corrected chi connectivity index (χ3v) is 5.54. The fraction of sp³-hybridized carbons (Fsp3) is 0.450. The molecule has 0 bridgehead atoms. The number of thiocarbonyl (C=S) groups is 1. The Morgan fingerprint density at radius 2 is 1.83 bits per heavy atom. The lowest BCUT2D eigenvalue weighted by molar-refractivity contribution is -0.144. The van der Waals surface area contributed by atoms with Crippen LogP contribution in [0.5, 0.6) is 17.2 Å². The van der Waals surface area contributed by atoms with E-state index in [-0.39, 0.29) is 24.8 Å². The van der Waals surface area contributed by atoms with Crippen molar-refractivity contribution in [3.05, 3.63) is 22.6 Å². The van der Waals surface area contributed by atoms with Crippen LogP contribution >= 0.6 is 24.0 Å². The maximum absolute atomic E-state index is 12.7. The summed E-state index contributed by atoms with van der Waals surface area (Å²) in [4.78, 5) is 26.4. The second-order valence-corrected chi connectivity index (χ2v) is 7.79. The summed E-state index contributed by atoms with van der Waals surface area (Å²) in [5.41, 5.74) is 0.707. The number of rotatable bonds is 10. The maximum atomic E-state index is 12.7. The number of methoxy groups -OCH3 is 3. The van der Waals surface area contributed by atoms with E-state index in [0.717, 1.165) is 12.8 Å². The minimum Gasteiger partial charge on any atom is -0.493 e. The van der Waals surface area contributed by atoms with Gasteiger partial charge >= 0.3 is 5.97 Å². The average Bonchev–Trinajstić information content (AvgIpc) is 2.98. The Balaban J connectivity index is 2.12.